The Bertz CT molecular complexity index is 483. The molecule has 0 saturated carbocycles. The van der Waals surface area contributed by atoms with E-state index in [4.69, 9.17) is 5.11 Å². The van der Waals surface area contributed by atoms with Crippen LogP contribution in [0.1, 0.15) is 30.1 Å². The molecule has 19 heavy (non-hydrogen) atoms. The number of nitro benzene ring substituents is 1. The third-order valence-electron chi connectivity index (χ3n) is 2.59. The highest BCUT2D eigenvalue weighted by Gasteiger charge is 2.16. The van der Waals surface area contributed by atoms with Gasteiger partial charge >= 0.3 is 5.97 Å². The van der Waals surface area contributed by atoms with Crippen molar-refractivity contribution < 1.29 is 19.6 Å². The van der Waals surface area contributed by atoms with Gasteiger partial charge in [-0.25, -0.2) is 0 Å². The zero-order valence-electron chi connectivity index (χ0n) is 10.3. The minimum absolute atomic E-state index is 0.103. The maximum absolute atomic E-state index is 11.8. The van der Waals surface area contributed by atoms with Crippen LogP contribution in [0.25, 0.3) is 0 Å². The summed E-state index contributed by atoms with van der Waals surface area (Å²) in [5.74, 6) is -1.43. The number of nitrogens with zero attached hydrogens (tertiary/aromatic N) is 1. The van der Waals surface area contributed by atoms with Crippen LogP contribution in [0.15, 0.2) is 24.3 Å². The zero-order chi connectivity index (χ0) is 14.4. The standard InChI is InChI=1S/C12H14N2O5/c1-2-9(7-11(15)16)13-12(17)8-3-5-10(6-4-8)14(18)19/h3-6,9H,2,7H2,1H3,(H,13,17)(H,15,16)/t9-/m1/s1. The van der Waals surface area contributed by atoms with Crippen molar-refractivity contribution in [2.24, 2.45) is 0 Å². The molecular formula is C12H14N2O5. The molecule has 7 nitrogen and oxygen atoms in total. The van der Waals surface area contributed by atoms with Crippen LogP contribution < -0.4 is 5.32 Å². The first-order chi connectivity index (χ1) is 8.93. The Morgan fingerprint density at radius 1 is 1.37 bits per heavy atom. The number of hydrogen-bond donors (Lipinski definition) is 2. The molecule has 0 aliphatic carbocycles. The highest BCUT2D eigenvalue weighted by atomic mass is 16.6. The normalized spacial score (nSPS) is 11.6. The number of nitrogens with one attached hydrogen (secondary N) is 1. The van der Waals surface area contributed by atoms with Gasteiger partial charge in [-0.15, -0.1) is 0 Å². The van der Waals surface area contributed by atoms with E-state index in [-0.39, 0.29) is 17.7 Å². The molecule has 0 aromatic heterocycles. The first-order valence-corrected chi connectivity index (χ1v) is 5.71. The van der Waals surface area contributed by atoms with Gasteiger partial charge < -0.3 is 10.4 Å². The molecule has 2 N–H and O–H groups in total. The van der Waals surface area contributed by atoms with Gasteiger partial charge in [0.05, 0.1) is 11.3 Å². The lowest BCUT2D eigenvalue weighted by atomic mass is 10.1. The number of carboxylic acids is 1. The van der Waals surface area contributed by atoms with Crippen LogP contribution in [0, 0.1) is 10.1 Å². The van der Waals surface area contributed by atoms with Crippen molar-refractivity contribution in [3.8, 4) is 0 Å². The van der Waals surface area contributed by atoms with Crippen molar-refractivity contribution >= 4 is 17.6 Å². The largest absolute Gasteiger partial charge is 0.481 e. The average Bonchev–Trinajstić information content (AvgIpc) is 2.37. The molecule has 0 heterocycles. The lowest BCUT2D eigenvalue weighted by Crippen LogP contribution is -2.35. The number of carbonyl (C=O) groups is 2. The molecule has 7 heteroatoms. The molecule has 1 atom stereocenters. The summed E-state index contributed by atoms with van der Waals surface area (Å²) >= 11 is 0. The molecule has 1 aromatic carbocycles. The second kappa shape index (κ2) is 6.48. The molecule has 1 amide bonds. The topological polar surface area (TPSA) is 110 Å². The van der Waals surface area contributed by atoms with E-state index in [1.807, 2.05) is 0 Å². The maximum Gasteiger partial charge on any atom is 0.305 e. The van der Waals surface area contributed by atoms with Crippen LogP contribution in [0.3, 0.4) is 0 Å². The molecule has 0 fully saturated rings. The first kappa shape index (κ1) is 14.6. The van der Waals surface area contributed by atoms with Crippen LogP contribution in [-0.2, 0) is 4.79 Å². The molecule has 1 aromatic rings. The average molecular weight is 266 g/mol. The molecule has 0 aliphatic rings. The highest BCUT2D eigenvalue weighted by molar-refractivity contribution is 5.94. The third-order valence-corrected chi connectivity index (χ3v) is 2.59. The number of rotatable bonds is 6. The molecule has 102 valence electrons. The van der Waals surface area contributed by atoms with Crippen LogP contribution in [0.2, 0.25) is 0 Å². The summed E-state index contributed by atoms with van der Waals surface area (Å²) in [6, 6.07) is 4.67. The van der Waals surface area contributed by atoms with E-state index in [9.17, 15) is 19.7 Å². The van der Waals surface area contributed by atoms with Crippen molar-refractivity contribution in [1.82, 2.24) is 5.32 Å². The van der Waals surface area contributed by atoms with Crippen molar-refractivity contribution in [3.05, 3.63) is 39.9 Å². The lowest BCUT2D eigenvalue weighted by Gasteiger charge is -2.14. The van der Waals surface area contributed by atoms with Gasteiger partial charge in [0.25, 0.3) is 11.6 Å². The monoisotopic (exact) mass is 266 g/mol. The minimum Gasteiger partial charge on any atom is -0.481 e. The summed E-state index contributed by atoms with van der Waals surface area (Å²) < 4.78 is 0. The number of amides is 1. The maximum atomic E-state index is 11.8. The number of hydrogen-bond acceptors (Lipinski definition) is 4. The Kier molecular flexibility index (Phi) is 4.99. The fourth-order valence-corrected chi connectivity index (χ4v) is 1.51. The Labute approximate surface area is 109 Å². The van der Waals surface area contributed by atoms with Crippen molar-refractivity contribution in [1.29, 1.82) is 0 Å². The van der Waals surface area contributed by atoms with Crippen LogP contribution in [-0.4, -0.2) is 27.9 Å². The van der Waals surface area contributed by atoms with E-state index in [0.29, 0.717) is 6.42 Å². The molecule has 0 radical (unpaired) electrons. The lowest BCUT2D eigenvalue weighted by molar-refractivity contribution is -0.384. The van der Waals surface area contributed by atoms with Crippen LogP contribution in [0.4, 0.5) is 5.69 Å². The van der Waals surface area contributed by atoms with Gasteiger partial charge in [0.2, 0.25) is 0 Å². The minimum atomic E-state index is -0.990. The predicted octanol–water partition coefficient (Wildman–Crippen LogP) is 1.58. The molecule has 0 bridgehead atoms. The summed E-state index contributed by atoms with van der Waals surface area (Å²) in [6.45, 7) is 1.77. The van der Waals surface area contributed by atoms with E-state index < -0.39 is 22.8 Å². The quantitative estimate of drug-likeness (QED) is 0.600. The van der Waals surface area contributed by atoms with E-state index in [1.54, 1.807) is 6.92 Å². The van der Waals surface area contributed by atoms with Gasteiger partial charge in [-0.2, -0.15) is 0 Å². The number of nitro groups is 1. The fraction of sp³-hybridized carbons (Fsp3) is 0.333. The molecule has 1 rings (SSSR count). The Hall–Kier alpha value is -2.44. The zero-order valence-corrected chi connectivity index (χ0v) is 10.3. The number of non-ortho nitro benzene ring substituents is 1. The highest BCUT2D eigenvalue weighted by Crippen LogP contribution is 2.12. The van der Waals surface area contributed by atoms with Gasteiger partial charge in [-0.05, 0) is 18.6 Å². The summed E-state index contributed by atoms with van der Waals surface area (Å²) in [5.41, 5.74) is 0.156. The SMILES string of the molecule is CC[C@H](CC(=O)O)NC(=O)c1ccc([N+](=O)[O-])cc1. The van der Waals surface area contributed by atoms with Gasteiger partial charge in [0.1, 0.15) is 0 Å². The Morgan fingerprint density at radius 2 is 1.95 bits per heavy atom. The smallest absolute Gasteiger partial charge is 0.305 e. The molecule has 0 aliphatic heterocycles. The number of carbonyl (C=O) groups excluding carboxylic acids is 1. The predicted molar refractivity (Wildman–Crippen MR) is 66.9 cm³/mol. The van der Waals surface area contributed by atoms with Gasteiger partial charge in [0.15, 0.2) is 0 Å². The van der Waals surface area contributed by atoms with E-state index in [2.05, 4.69) is 5.32 Å². The van der Waals surface area contributed by atoms with Gasteiger partial charge in [0, 0.05) is 23.7 Å². The summed E-state index contributed by atoms with van der Waals surface area (Å²) in [5, 5.41) is 21.7. The molecule has 0 saturated heterocycles. The molecular weight excluding hydrogens is 252 g/mol. The van der Waals surface area contributed by atoms with Crippen LogP contribution in [0.5, 0.6) is 0 Å². The third kappa shape index (κ3) is 4.38. The van der Waals surface area contributed by atoms with Gasteiger partial charge in [-0.1, -0.05) is 6.92 Å². The number of benzene rings is 1. The summed E-state index contributed by atoms with van der Waals surface area (Å²) in [6.07, 6.45) is 0.334. The number of carboxylic acid groups (broad SMARTS) is 1. The van der Waals surface area contributed by atoms with E-state index in [0.717, 1.165) is 0 Å². The van der Waals surface area contributed by atoms with Gasteiger partial charge in [-0.3, -0.25) is 19.7 Å². The van der Waals surface area contributed by atoms with Crippen LogP contribution >= 0.6 is 0 Å². The van der Waals surface area contributed by atoms with Crippen molar-refractivity contribution in [2.75, 3.05) is 0 Å². The Balaban J connectivity index is 2.71. The van der Waals surface area contributed by atoms with E-state index >= 15 is 0 Å². The first-order valence-electron chi connectivity index (χ1n) is 5.71. The van der Waals surface area contributed by atoms with Crippen molar-refractivity contribution in [2.45, 2.75) is 25.8 Å². The van der Waals surface area contributed by atoms with Crippen molar-refractivity contribution in [3.63, 3.8) is 0 Å². The number of aliphatic carboxylic acids is 1. The molecule has 0 unspecified atom stereocenters. The summed E-state index contributed by atoms with van der Waals surface area (Å²) in [7, 11) is 0. The summed E-state index contributed by atoms with van der Waals surface area (Å²) in [4.78, 5) is 32.3. The fourth-order valence-electron chi connectivity index (χ4n) is 1.51. The van der Waals surface area contributed by atoms with E-state index in [1.165, 1.54) is 24.3 Å². The second-order valence-electron chi connectivity index (χ2n) is 3.98. The second-order valence-corrected chi connectivity index (χ2v) is 3.98. The Morgan fingerprint density at radius 3 is 2.37 bits per heavy atom. The molecule has 0 spiro atoms.